The van der Waals surface area contributed by atoms with Gasteiger partial charge in [-0.25, -0.2) is 26.3 Å². The number of rotatable bonds is 9. The Hall–Kier alpha value is -3.36. The zero-order valence-electron chi connectivity index (χ0n) is 21.3. The molecule has 4 rings (SSSR count). The lowest BCUT2D eigenvalue weighted by Gasteiger charge is -2.29. The first-order chi connectivity index (χ1) is 18.7. The van der Waals surface area contributed by atoms with Gasteiger partial charge in [0.25, 0.3) is 6.43 Å². The van der Waals surface area contributed by atoms with Crippen molar-refractivity contribution in [3.05, 3.63) is 106 Å². The second-order valence-electron chi connectivity index (χ2n) is 9.39. The Morgan fingerprint density at radius 2 is 1.56 bits per heavy atom. The summed E-state index contributed by atoms with van der Waals surface area (Å²) in [4.78, 5) is 0. The molecule has 1 aliphatic heterocycles. The molecule has 3 aromatic rings. The predicted molar refractivity (Wildman–Crippen MR) is 139 cm³/mol. The Morgan fingerprint density at radius 3 is 2.18 bits per heavy atom. The van der Waals surface area contributed by atoms with E-state index < -0.39 is 36.0 Å². The van der Waals surface area contributed by atoms with E-state index in [2.05, 4.69) is 6.92 Å². The zero-order valence-corrected chi connectivity index (χ0v) is 21.3. The van der Waals surface area contributed by atoms with Crippen molar-refractivity contribution < 1.29 is 35.8 Å². The molecule has 1 heterocycles. The molecule has 0 radical (unpaired) electrons. The minimum Gasteiger partial charge on any atom is -0.348 e. The SMILES string of the molecule is CCCC1COC(c2ccc(-c3ccc(C=Cc4cc(F)c(CC=CC(F)F)c(F)c4)c(F)c3)c(F)c2)OC1. The molecule has 0 N–H and O–H groups in total. The maximum absolute atomic E-state index is 15.0. The highest BCUT2D eigenvalue weighted by atomic mass is 19.3. The van der Waals surface area contributed by atoms with Gasteiger partial charge < -0.3 is 9.47 Å². The number of hydrogen-bond donors (Lipinski definition) is 0. The first-order valence-corrected chi connectivity index (χ1v) is 12.7. The van der Waals surface area contributed by atoms with Gasteiger partial charge in [-0.05, 0) is 54.3 Å². The van der Waals surface area contributed by atoms with Crippen molar-refractivity contribution in [1.82, 2.24) is 0 Å². The van der Waals surface area contributed by atoms with E-state index in [-0.39, 0.29) is 28.7 Å². The van der Waals surface area contributed by atoms with Crippen LogP contribution in [-0.2, 0) is 15.9 Å². The van der Waals surface area contributed by atoms with E-state index in [9.17, 15) is 26.3 Å². The Morgan fingerprint density at radius 1 is 0.846 bits per heavy atom. The van der Waals surface area contributed by atoms with Crippen LogP contribution in [0.2, 0.25) is 0 Å². The minimum absolute atomic E-state index is 0.130. The predicted octanol–water partition coefficient (Wildman–Crippen LogP) is 8.91. The van der Waals surface area contributed by atoms with Crippen molar-refractivity contribution in [2.24, 2.45) is 5.92 Å². The molecular formula is C31H28F6O2. The molecule has 3 aromatic carbocycles. The average molecular weight is 547 g/mol. The molecule has 0 saturated carbocycles. The molecule has 39 heavy (non-hydrogen) atoms. The highest BCUT2D eigenvalue weighted by Crippen LogP contribution is 2.31. The number of ether oxygens (including phenoxy) is 2. The van der Waals surface area contributed by atoms with Gasteiger partial charge in [0.2, 0.25) is 0 Å². The van der Waals surface area contributed by atoms with Gasteiger partial charge in [0.15, 0.2) is 6.29 Å². The van der Waals surface area contributed by atoms with Gasteiger partial charge in [0, 0.05) is 28.2 Å². The smallest absolute Gasteiger partial charge is 0.257 e. The second-order valence-corrected chi connectivity index (χ2v) is 9.39. The van der Waals surface area contributed by atoms with Crippen molar-refractivity contribution in [2.75, 3.05) is 13.2 Å². The fraction of sp³-hybridized carbons (Fsp3) is 0.290. The molecule has 0 aromatic heterocycles. The Bertz CT molecular complexity index is 1320. The third-order valence-electron chi connectivity index (χ3n) is 6.46. The first kappa shape index (κ1) is 28.6. The van der Waals surface area contributed by atoms with Gasteiger partial charge in [-0.2, -0.15) is 0 Å². The van der Waals surface area contributed by atoms with Crippen LogP contribution in [-0.4, -0.2) is 19.6 Å². The fourth-order valence-electron chi connectivity index (χ4n) is 4.44. The Labute approximate surface area is 223 Å². The van der Waals surface area contributed by atoms with Crippen LogP contribution < -0.4 is 0 Å². The summed E-state index contributed by atoms with van der Waals surface area (Å²) in [6.07, 6.45) is 2.58. The Kier molecular flexibility index (Phi) is 9.64. The standard InChI is InChI=1S/C31H28F6O2/c1-2-4-20-17-38-31(39-18-20)23-11-12-24(29(35)16-23)22-10-9-21(26(32)15-22)8-7-19-13-27(33)25(28(34)14-19)5-3-6-30(36)37/h3,6-16,20,30-31H,2,4-5,17-18H2,1H3. The van der Waals surface area contributed by atoms with Crippen molar-refractivity contribution >= 4 is 12.2 Å². The summed E-state index contributed by atoms with van der Waals surface area (Å²) in [5.41, 5.74) is 0.988. The molecule has 0 atom stereocenters. The third kappa shape index (κ3) is 7.40. The van der Waals surface area contributed by atoms with Gasteiger partial charge in [0.1, 0.15) is 23.3 Å². The van der Waals surface area contributed by atoms with Crippen LogP contribution >= 0.6 is 0 Å². The van der Waals surface area contributed by atoms with E-state index in [0.29, 0.717) is 36.3 Å². The van der Waals surface area contributed by atoms with E-state index in [1.165, 1.54) is 30.4 Å². The van der Waals surface area contributed by atoms with Crippen LogP contribution in [0.4, 0.5) is 26.3 Å². The van der Waals surface area contributed by atoms with Gasteiger partial charge in [-0.1, -0.05) is 55.8 Å². The number of alkyl halides is 2. The number of benzene rings is 3. The first-order valence-electron chi connectivity index (χ1n) is 12.7. The summed E-state index contributed by atoms with van der Waals surface area (Å²) < 4.78 is 94.3. The topological polar surface area (TPSA) is 18.5 Å². The summed E-state index contributed by atoms with van der Waals surface area (Å²) in [7, 11) is 0. The maximum atomic E-state index is 15.0. The molecule has 8 heteroatoms. The maximum Gasteiger partial charge on any atom is 0.257 e. The molecule has 0 spiro atoms. The quantitative estimate of drug-likeness (QED) is 0.152. The monoisotopic (exact) mass is 546 g/mol. The lowest BCUT2D eigenvalue weighted by atomic mass is 10.00. The second kappa shape index (κ2) is 13.1. The number of allylic oxidation sites excluding steroid dienone is 2. The summed E-state index contributed by atoms with van der Waals surface area (Å²) in [6, 6.07) is 10.8. The molecule has 1 saturated heterocycles. The average Bonchev–Trinajstić information content (AvgIpc) is 2.90. The number of halogens is 6. The van der Waals surface area contributed by atoms with Crippen LogP contribution in [0.25, 0.3) is 23.3 Å². The van der Waals surface area contributed by atoms with E-state index in [0.717, 1.165) is 31.1 Å². The van der Waals surface area contributed by atoms with Crippen LogP contribution in [0, 0.1) is 29.2 Å². The number of hydrogen-bond acceptors (Lipinski definition) is 2. The van der Waals surface area contributed by atoms with Gasteiger partial charge in [0.05, 0.1) is 13.2 Å². The van der Waals surface area contributed by atoms with Gasteiger partial charge in [-0.15, -0.1) is 0 Å². The lowest BCUT2D eigenvalue weighted by Crippen LogP contribution is -2.27. The van der Waals surface area contributed by atoms with Gasteiger partial charge >= 0.3 is 0 Å². The largest absolute Gasteiger partial charge is 0.348 e. The van der Waals surface area contributed by atoms with E-state index in [4.69, 9.17) is 9.47 Å². The summed E-state index contributed by atoms with van der Waals surface area (Å²) in [5.74, 6) is -2.66. The van der Waals surface area contributed by atoms with Crippen molar-refractivity contribution in [3.63, 3.8) is 0 Å². The van der Waals surface area contributed by atoms with E-state index >= 15 is 0 Å². The summed E-state index contributed by atoms with van der Waals surface area (Å²) in [6.45, 7) is 3.19. The third-order valence-corrected chi connectivity index (χ3v) is 6.46. The summed E-state index contributed by atoms with van der Waals surface area (Å²) in [5, 5.41) is 0. The molecule has 0 aliphatic carbocycles. The molecule has 206 valence electrons. The van der Waals surface area contributed by atoms with Crippen molar-refractivity contribution in [3.8, 4) is 11.1 Å². The molecule has 1 aliphatic rings. The fourth-order valence-corrected chi connectivity index (χ4v) is 4.44. The van der Waals surface area contributed by atoms with Gasteiger partial charge in [-0.3, -0.25) is 0 Å². The van der Waals surface area contributed by atoms with Crippen LogP contribution in [0.3, 0.4) is 0 Å². The molecule has 2 nitrogen and oxygen atoms in total. The highest BCUT2D eigenvalue weighted by molar-refractivity contribution is 5.73. The normalized spacial score (nSPS) is 18.1. The molecule has 0 bridgehead atoms. The van der Waals surface area contributed by atoms with E-state index in [1.807, 2.05) is 0 Å². The molecular weight excluding hydrogens is 518 g/mol. The van der Waals surface area contributed by atoms with Crippen molar-refractivity contribution in [1.29, 1.82) is 0 Å². The van der Waals surface area contributed by atoms with Crippen LogP contribution in [0.1, 0.15) is 48.3 Å². The van der Waals surface area contributed by atoms with Crippen LogP contribution in [0.5, 0.6) is 0 Å². The van der Waals surface area contributed by atoms with Crippen molar-refractivity contribution in [2.45, 2.75) is 38.9 Å². The molecule has 1 fully saturated rings. The van der Waals surface area contributed by atoms with Crippen LogP contribution in [0.15, 0.2) is 60.7 Å². The minimum atomic E-state index is -2.71. The summed E-state index contributed by atoms with van der Waals surface area (Å²) >= 11 is 0. The molecule has 0 amide bonds. The van der Waals surface area contributed by atoms with E-state index in [1.54, 1.807) is 18.2 Å². The highest BCUT2D eigenvalue weighted by Gasteiger charge is 2.24. The molecule has 0 unspecified atom stereocenters. The lowest BCUT2D eigenvalue weighted by molar-refractivity contribution is -0.206. The Balaban J connectivity index is 1.46. The zero-order chi connectivity index (χ0) is 27.9.